The smallest absolute Gasteiger partial charge is 0.336 e. The van der Waals surface area contributed by atoms with E-state index in [2.05, 4.69) is 34.8 Å². The molecule has 0 aliphatic rings. The standard InChI is InChI=1S/C13H11BrClNO2/c1-6(2)7-3-8-9(13(17)18)5-11(15)16-12(8)10(14)4-7/h3-6H,1-2H3,(H,17,18). The molecule has 0 radical (unpaired) electrons. The van der Waals surface area contributed by atoms with Crippen LogP contribution in [0.25, 0.3) is 10.9 Å². The number of fused-ring (bicyclic) bond motifs is 1. The minimum Gasteiger partial charge on any atom is -0.478 e. The highest BCUT2D eigenvalue weighted by atomic mass is 79.9. The maximum atomic E-state index is 11.3. The van der Waals surface area contributed by atoms with Crippen molar-refractivity contribution in [1.29, 1.82) is 0 Å². The van der Waals surface area contributed by atoms with Gasteiger partial charge in [0.05, 0.1) is 11.1 Å². The molecular formula is C13H11BrClNO2. The lowest BCUT2D eigenvalue weighted by atomic mass is 9.99. The van der Waals surface area contributed by atoms with Crippen molar-refractivity contribution in [1.82, 2.24) is 4.98 Å². The van der Waals surface area contributed by atoms with Crippen molar-refractivity contribution in [3.63, 3.8) is 0 Å². The summed E-state index contributed by atoms with van der Waals surface area (Å²) in [5, 5.41) is 10.0. The van der Waals surface area contributed by atoms with Crippen LogP contribution < -0.4 is 0 Å². The van der Waals surface area contributed by atoms with E-state index in [0.29, 0.717) is 16.8 Å². The Labute approximate surface area is 118 Å². The third-order valence-electron chi connectivity index (χ3n) is 2.76. The summed E-state index contributed by atoms with van der Waals surface area (Å²) < 4.78 is 0.758. The number of carbonyl (C=O) groups is 1. The molecule has 0 fully saturated rings. The fourth-order valence-electron chi connectivity index (χ4n) is 1.79. The zero-order chi connectivity index (χ0) is 13.4. The summed E-state index contributed by atoms with van der Waals surface area (Å²) in [6.07, 6.45) is 0. The maximum absolute atomic E-state index is 11.3. The number of rotatable bonds is 2. The summed E-state index contributed by atoms with van der Waals surface area (Å²) in [6.45, 7) is 4.11. The molecule has 2 aromatic rings. The fraction of sp³-hybridized carbons (Fsp3) is 0.231. The first kappa shape index (κ1) is 13.3. The number of benzene rings is 1. The van der Waals surface area contributed by atoms with Crippen molar-refractivity contribution in [3.05, 3.63) is 39.0 Å². The Hall–Kier alpha value is -1.13. The van der Waals surface area contributed by atoms with Crippen molar-refractivity contribution in [3.8, 4) is 0 Å². The van der Waals surface area contributed by atoms with Crippen LogP contribution in [0.1, 0.15) is 35.7 Å². The summed E-state index contributed by atoms with van der Waals surface area (Å²) in [7, 11) is 0. The molecule has 0 aliphatic heterocycles. The van der Waals surface area contributed by atoms with Gasteiger partial charge in [-0.15, -0.1) is 0 Å². The van der Waals surface area contributed by atoms with Gasteiger partial charge in [-0.2, -0.15) is 0 Å². The summed E-state index contributed by atoms with van der Waals surface area (Å²) in [6, 6.07) is 5.18. The van der Waals surface area contributed by atoms with Crippen LogP contribution in [-0.2, 0) is 0 Å². The highest BCUT2D eigenvalue weighted by Crippen LogP contribution is 2.31. The van der Waals surface area contributed by atoms with E-state index in [9.17, 15) is 9.90 Å². The number of pyridine rings is 1. The van der Waals surface area contributed by atoms with E-state index < -0.39 is 5.97 Å². The highest BCUT2D eigenvalue weighted by molar-refractivity contribution is 9.10. The SMILES string of the molecule is CC(C)c1cc(Br)c2nc(Cl)cc(C(=O)O)c2c1. The average molecular weight is 329 g/mol. The van der Waals surface area contributed by atoms with E-state index in [1.165, 1.54) is 6.07 Å². The van der Waals surface area contributed by atoms with Gasteiger partial charge in [0.25, 0.3) is 0 Å². The molecule has 94 valence electrons. The van der Waals surface area contributed by atoms with Gasteiger partial charge >= 0.3 is 5.97 Å². The van der Waals surface area contributed by atoms with Crippen LogP contribution in [0.2, 0.25) is 5.15 Å². The topological polar surface area (TPSA) is 50.2 Å². The average Bonchev–Trinajstić information content (AvgIpc) is 2.28. The second-order valence-corrected chi connectivity index (χ2v) is 5.59. The van der Waals surface area contributed by atoms with E-state index in [1.807, 2.05) is 12.1 Å². The third kappa shape index (κ3) is 2.35. The fourth-order valence-corrected chi connectivity index (χ4v) is 2.55. The van der Waals surface area contributed by atoms with Crippen LogP contribution in [0.15, 0.2) is 22.7 Å². The Kier molecular flexibility index (Phi) is 3.59. The molecule has 0 spiro atoms. The summed E-state index contributed by atoms with van der Waals surface area (Å²) in [5.74, 6) is -0.694. The van der Waals surface area contributed by atoms with Crippen LogP contribution in [0, 0.1) is 0 Å². The number of aromatic carboxylic acids is 1. The van der Waals surface area contributed by atoms with Gasteiger partial charge in [0.1, 0.15) is 5.15 Å². The molecule has 0 amide bonds. The van der Waals surface area contributed by atoms with Crippen LogP contribution in [0.3, 0.4) is 0 Å². The molecule has 1 N–H and O–H groups in total. The van der Waals surface area contributed by atoms with Gasteiger partial charge in [0.2, 0.25) is 0 Å². The van der Waals surface area contributed by atoms with Gasteiger partial charge in [-0.1, -0.05) is 25.4 Å². The molecule has 0 bridgehead atoms. The molecule has 5 heteroatoms. The molecule has 0 saturated carbocycles. The monoisotopic (exact) mass is 327 g/mol. The molecule has 1 aromatic carbocycles. The first-order chi connectivity index (χ1) is 8.40. The number of hydrogen-bond donors (Lipinski definition) is 1. The molecule has 18 heavy (non-hydrogen) atoms. The predicted octanol–water partition coefficient (Wildman–Crippen LogP) is 4.47. The van der Waals surface area contributed by atoms with E-state index in [4.69, 9.17) is 11.6 Å². The highest BCUT2D eigenvalue weighted by Gasteiger charge is 2.15. The molecule has 1 aromatic heterocycles. The quantitative estimate of drug-likeness (QED) is 0.827. The number of hydrogen-bond acceptors (Lipinski definition) is 2. The van der Waals surface area contributed by atoms with Crippen molar-refractivity contribution in [2.24, 2.45) is 0 Å². The molecule has 0 unspecified atom stereocenters. The number of halogens is 2. The lowest BCUT2D eigenvalue weighted by molar-refractivity contribution is 0.0699. The summed E-state index contributed by atoms with van der Waals surface area (Å²) in [4.78, 5) is 15.4. The molecule has 0 atom stereocenters. The zero-order valence-corrected chi connectivity index (χ0v) is 12.2. The second kappa shape index (κ2) is 4.86. The Morgan fingerprint density at radius 2 is 2.06 bits per heavy atom. The van der Waals surface area contributed by atoms with Gasteiger partial charge in [0.15, 0.2) is 0 Å². The molecular weight excluding hydrogens is 318 g/mol. The number of nitrogens with zero attached hydrogens (tertiary/aromatic N) is 1. The van der Waals surface area contributed by atoms with Gasteiger partial charge in [-0.25, -0.2) is 9.78 Å². The first-order valence-electron chi connectivity index (χ1n) is 5.43. The van der Waals surface area contributed by atoms with Crippen LogP contribution in [-0.4, -0.2) is 16.1 Å². The lowest BCUT2D eigenvalue weighted by Crippen LogP contribution is -2.00. The van der Waals surface area contributed by atoms with Gasteiger partial charge < -0.3 is 5.11 Å². The van der Waals surface area contributed by atoms with E-state index in [0.717, 1.165) is 10.0 Å². The normalized spacial score (nSPS) is 11.2. The minimum absolute atomic E-state index is 0.174. The van der Waals surface area contributed by atoms with Crippen molar-refractivity contribution in [2.45, 2.75) is 19.8 Å². The zero-order valence-electron chi connectivity index (χ0n) is 9.87. The Morgan fingerprint density at radius 1 is 1.39 bits per heavy atom. The summed E-state index contributed by atoms with van der Waals surface area (Å²) in [5.41, 5.74) is 1.80. The van der Waals surface area contributed by atoms with E-state index in [1.54, 1.807) is 0 Å². The van der Waals surface area contributed by atoms with Crippen LogP contribution in [0.5, 0.6) is 0 Å². The van der Waals surface area contributed by atoms with E-state index in [-0.39, 0.29) is 10.7 Å². The number of aromatic nitrogens is 1. The Bertz CT molecular complexity index is 640. The molecule has 3 nitrogen and oxygen atoms in total. The van der Waals surface area contributed by atoms with Crippen LogP contribution in [0.4, 0.5) is 0 Å². The Morgan fingerprint density at radius 3 is 2.61 bits per heavy atom. The van der Waals surface area contributed by atoms with E-state index >= 15 is 0 Å². The molecule has 0 aliphatic carbocycles. The Balaban J connectivity index is 2.88. The first-order valence-corrected chi connectivity index (χ1v) is 6.60. The van der Waals surface area contributed by atoms with Gasteiger partial charge in [-0.05, 0) is 45.6 Å². The van der Waals surface area contributed by atoms with Crippen LogP contribution >= 0.6 is 27.5 Å². The molecule has 1 heterocycles. The minimum atomic E-state index is -1.00. The van der Waals surface area contributed by atoms with Crippen molar-refractivity contribution < 1.29 is 9.90 Å². The van der Waals surface area contributed by atoms with Gasteiger partial charge in [0, 0.05) is 9.86 Å². The predicted molar refractivity (Wildman–Crippen MR) is 75.5 cm³/mol. The third-order valence-corrected chi connectivity index (χ3v) is 3.55. The van der Waals surface area contributed by atoms with Gasteiger partial charge in [-0.3, -0.25) is 0 Å². The summed E-state index contributed by atoms with van der Waals surface area (Å²) >= 11 is 9.27. The lowest BCUT2D eigenvalue weighted by Gasteiger charge is -2.10. The molecule has 2 rings (SSSR count). The number of carboxylic acid groups (broad SMARTS) is 1. The molecule has 0 saturated heterocycles. The number of carboxylic acids is 1. The largest absolute Gasteiger partial charge is 0.478 e. The maximum Gasteiger partial charge on any atom is 0.336 e. The van der Waals surface area contributed by atoms with Crippen molar-refractivity contribution in [2.75, 3.05) is 0 Å². The van der Waals surface area contributed by atoms with Crippen molar-refractivity contribution >= 4 is 44.4 Å². The second-order valence-electron chi connectivity index (χ2n) is 4.35.